The van der Waals surface area contributed by atoms with Crippen molar-refractivity contribution < 1.29 is 8.42 Å². The van der Waals surface area contributed by atoms with Gasteiger partial charge in [-0.2, -0.15) is 0 Å². The van der Waals surface area contributed by atoms with Gasteiger partial charge in [-0.1, -0.05) is 13.0 Å². The predicted octanol–water partition coefficient (Wildman–Crippen LogP) is 0.902. The van der Waals surface area contributed by atoms with Crippen LogP contribution in [-0.2, 0) is 9.84 Å². The van der Waals surface area contributed by atoms with Crippen molar-refractivity contribution in [2.24, 2.45) is 0 Å². The van der Waals surface area contributed by atoms with Crippen LogP contribution in [0.3, 0.4) is 0 Å². The summed E-state index contributed by atoms with van der Waals surface area (Å²) >= 11 is 0. The van der Waals surface area contributed by atoms with E-state index in [2.05, 4.69) is 17.1 Å². The molecule has 3 heterocycles. The number of nitrogens with one attached hydrogen (secondary N) is 1. The number of hydrogen-bond acceptors (Lipinski definition) is 4. The summed E-state index contributed by atoms with van der Waals surface area (Å²) in [5, 5.41) is 4.96. The molecule has 0 spiro atoms. The molecule has 0 aromatic rings. The number of sulfone groups is 1. The fraction of sp³-hybridized carbons (Fsp3) is 0.846. The highest BCUT2D eigenvalue weighted by molar-refractivity contribution is 7.94. The first-order chi connectivity index (χ1) is 8.59. The van der Waals surface area contributed by atoms with E-state index in [1.165, 1.54) is 31.1 Å². The molecule has 102 valence electrons. The molecule has 3 aliphatic rings. The van der Waals surface area contributed by atoms with Crippen LogP contribution in [0.5, 0.6) is 0 Å². The molecule has 3 rings (SSSR count). The fourth-order valence-corrected chi connectivity index (χ4v) is 5.25. The maximum Gasteiger partial charge on any atom is 0.173 e. The zero-order valence-corrected chi connectivity index (χ0v) is 11.7. The van der Waals surface area contributed by atoms with Gasteiger partial charge < -0.3 is 5.32 Å². The molecule has 0 saturated carbocycles. The van der Waals surface area contributed by atoms with Crippen LogP contribution in [0.25, 0.3) is 0 Å². The van der Waals surface area contributed by atoms with Gasteiger partial charge in [-0.15, -0.1) is 0 Å². The normalized spacial score (nSPS) is 42.5. The van der Waals surface area contributed by atoms with E-state index in [1.807, 2.05) is 6.08 Å². The Kier molecular flexibility index (Phi) is 3.24. The molecule has 0 amide bonds. The summed E-state index contributed by atoms with van der Waals surface area (Å²) in [4.78, 5) is 2.48. The lowest BCUT2D eigenvalue weighted by Gasteiger charge is -2.42. The van der Waals surface area contributed by atoms with E-state index in [1.54, 1.807) is 0 Å². The fourth-order valence-electron chi connectivity index (χ4n) is 3.96. The van der Waals surface area contributed by atoms with Gasteiger partial charge in [0.1, 0.15) is 0 Å². The van der Waals surface area contributed by atoms with Gasteiger partial charge in [0.25, 0.3) is 0 Å². The highest BCUT2D eigenvalue weighted by Gasteiger charge is 2.44. The molecule has 4 nitrogen and oxygen atoms in total. The largest absolute Gasteiger partial charge is 0.314 e. The molecule has 1 N–H and O–H groups in total. The van der Waals surface area contributed by atoms with Gasteiger partial charge in [-0.05, 0) is 32.2 Å². The highest BCUT2D eigenvalue weighted by atomic mass is 32.2. The number of piperidine rings is 1. The van der Waals surface area contributed by atoms with Gasteiger partial charge in [-0.3, -0.25) is 4.90 Å². The SMILES string of the molecule is CCNC1CC2CCC(C1)N2C1C=CS(=O)(=O)C1. The number of nitrogens with zero attached hydrogens (tertiary/aromatic N) is 1. The zero-order valence-electron chi connectivity index (χ0n) is 10.9. The smallest absolute Gasteiger partial charge is 0.173 e. The molecule has 0 aliphatic carbocycles. The first-order valence-corrected chi connectivity index (χ1v) is 8.72. The summed E-state index contributed by atoms with van der Waals surface area (Å²) in [5.41, 5.74) is 0. The van der Waals surface area contributed by atoms with E-state index in [9.17, 15) is 8.42 Å². The van der Waals surface area contributed by atoms with E-state index in [4.69, 9.17) is 0 Å². The molecule has 3 aliphatic heterocycles. The van der Waals surface area contributed by atoms with Gasteiger partial charge in [0.15, 0.2) is 9.84 Å². The van der Waals surface area contributed by atoms with Crippen molar-refractivity contribution in [3.63, 3.8) is 0 Å². The Balaban J connectivity index is 1.71. The molecule has 0 radical (unpaired) electrons. The van der Waals surface area contributed by atoms with Gasteiger partial charge in [0.2, 0.25) is 0 Å². The number of hydrogen-bond donors (Lipinski definition) is 1. The minimum absolute atomic E-state index is 0.134. The van der Waals surface area contributed by atoms with E-state index in [-0.39, 0.29) is 6.04 Å². The Hall–Kier alpha value is -0.390. The molecule has 5 heteroatoms. The van der Waals surface area contributed by atoms with Crippen molar-refractivity contribution in [1.82, 2.24) is 10.2 Å². The van der Waals surface area contributed by atoms with E-state index >= 15 is 0 Å². The molecule has 3 atom stereocenters. The number of rotatable bonds is 3. The maximum atomic E-state index is 11.6. The molecule has 3 unspecified atom stereocenters. The Morgan fingerprint density at radius 1 is 1.28 bits per heavy atom. The van der Waals surface area contributed by atoms with Crippen molar-refractivity contribution in [2.75, 3.05) is 12.3 Å². The molecule has 18 heavy (non-hydrogen) atoms. The van der Waals surface area contributed by atoms with E-state index < -0.39 is 9.84 Å². The third-order valence-electron chi connectivity index (χ3n) is 4.58. The predicted molar refractivity (Wildman–Crippen MR) is 72.1 cm³/mol. The Bertz CT molecular complexity index is 432. The van der Waals surface area contributed by atoms with Crippen LogP contribution in [0.15, 0.2) is 11.5 Å². The summed E-state index contributed by atoms with van der Waals surface area (Å²) < 4.78 is 23.1. The molecule has 0 aromatic carbocycles. The first kappa shape index (κ1) is 12.6. The average Bonchev–Trinajstić information content (AvgIpc) is 2.77. The molecule has 2 saturated heterocycles. The highest BCUT2D eigenvalue weighted by Crippen LogP contribution is 2.38. The molecular formula is C13H22N2O2S. The topological polar surface area (TPSA) is 49.4 Å². The third-order valence-corrected chi connectivity index (χ3v) is 5.95. The second kappa shape index (κ2) is 4.62. The minimum Gasteiger partial charge on any atom is -0.314 e. The van der Waals surface area contributed by atoms with E-state index in [0.717, 1.165) is 6.54 Å². The van der Waals surface area contributed by atoms with Gasteiger partial charge in [-0.25, -0.2) is 8.42 Å². The lowest BCUT2D eigenvalue weighted by molar-refractivity contribution is 0.0987. The van der Waals surface area contributed by atoms with Gasteiger partial charge >= 0.3 is 0 Å². The summed E-state index contributed by atoms with van der Waals surface area (Å²) in [7, 11) is -2.93. The van der Waals surface area contributed by atoms with Crippen molar-refractivity contribution in [3.05, 3.63) is 11.5 Å². The lowest BCUT2D eigenvalue weighted by Crippen LogP contribution is -2.53. The molecule has 0 aromatic heterocycles. The van der Waals surface area contributed by atoms with Crippen LogP contribution in [-0.4, -0.2) is 49.8 Å². The van der Waals surface area contributed by atoms with Crippen molar-refractivity contribution in [2.45, 2.75) is 56.8 Å². The molecule has 2 bridgehead atoms. The monoisotopic (exact) mass is 270 g/mol. The third kappa shape index (κ3) is 2.24. The molecular weight excluding hydrogens is 248 g/mol. The van der Waals surface area contributed by atoms with Crippen LogP contribution in [0.1, 0.15) is 32.6 Å². The molecule has 2 fully saturated rings. The standard InChI is InChI=1S/C13H22N2O2S/c1-2-14-10-7-11-3-4-12(8-10)15(11)13-5-6-18(16,17)9-13/h5-6,10-14H,2-4,7-9H2,1H3. The van der Waals surface area contributed by atoms with Crippen LogP contribution in [0.2, 0.25) is 0 Å². The van der Waals surface area contributed by atoms with Crippen molar-refractivity contribution in [3.8, 4) is 0 Å². The maximum absolute atomic E-state index is 11.6. The summed E-state index contributed by atoms with van der Waals surface area (Å²) in [6.07, 6.45) is 6.71. The van der Waals surface area contributed by atoms with Crippen molar-refractivity contribution >= 4 is 9.84 Å². The average molecular weight is 270 g/mol. The van der Waals surface area contributed by atoms with Gasteiger partial charge in [0.05, 0.1) is 5.75 Å². The zero-order chi connectivity index (χ0) is 12.8. The summed E-state index contributed by atoms with van der Waals surface area (Å²) in [6, 6.07) is 1.92. The quantitative estimate of drug-likeness (QED) is 0.828. The summed E-state index contributed by atoms with van der Waals surface area (Å²) in [6.45, 7) is 3.18. The number of fused-ring (bicyclic) bond motifs is 2. The van der Waals surface area contributed by atoms with Crippen LogP contribution >= 0.6 is 0 Å². The lowest BCUT2D eigenvalue weighted by atomic mass is 9.95. The second-order valence-corrected chi connectivity index (χ2v) is 7.71. The summed E-state index contributed by atoms with van der Waals surface area (Å²) in [5.74, 6) is 0.297. The Morgan fingerprint density at radius 2 is 1.94 bits per heavy atom. The first-order valence-electron chi connectivity index (χ1n) is 7.01. The second-order valence-electron chi connectivity index (χ2n) is 5.78. The minimum atomic E-state index is -2.93. The van der Waals surface area contributed by atoms with Crippen LogP contribution < -0.4 is 5.32 Å². The van der Waals surface area contributed by atoms with Crippen LogP contribution in [0.4, 0.5) is 0 Å². The van der Waals surface area contributed by atoms with Crippen LogP contribution in [0, 0.1) is 0 Å². The van der Waals surface area contributed by atoms with Gasteiger partial charge in [0, 0.05) is 29.6 Å². The Morgan fingerprint density at radius 3 is 2.44 bits per heavy atom. The Labute approximate surface area is 109 Å². The van der Waals surface area contributed by atoms with E-state index in [0.29, 0.717) is 23.9 Å². The van der Waals surface area contributed by atoms with Crippen molar-refractivity contribution in [1.29, 1.82) is 0 Å².